The molecular weight excluding hydrogens is 348 g/mol. The van der Waals surface area contributed by atoms with Crippen LogP contribution in [0.15, 0.2) is 29.2 Å². The van der Waals surface area contributed by atoms with E-state index in [2.05, 4.69) is 10.0 Å². The quantitative estimate of drug-likeness (QED) is 0.572. The zero-order valence-electron chi connectivity index (χ0n) is 14.2. The minimum Gasteiger partial charge on any atom is -0.484 e. The van der Waals surface area contributed by atoms with Crippen molar-refractivity contribution < 1.29 is 27.4 Å². The van der Waals surface area contributed by atoms with Gasteiger partial charge in [-0.2, -0.15) is 0 Å². The Kier molecular flexibility index (Phi) is 7.63. The Morgan fingerprint density at radius 2 is 2.08 bits per heavy atom. The highest BCUT2D eigenvalue weighted by Crippen LogP contribution is 2.16. The summed E-state index contributed by atoms with van der Waals surface area (Å²) in [6.45, 7) is 1.58. The number of sulfonamides is 1. The maximum atomic E-state index is 12.0. The maximum absolute atomic E-state index is 12.0. The molecule has 0 spiro atoms. The Hall–Kier alpha value is -1.68. The van der Waals surface area contributed by atoms with Gasteiger partial charge in [0.25, 0.3) is 5.91 Å². The van der Waals surface area contributed by atoms with Crippen LogP contribution in [-0.4, -0.2) is 60.4 Å². The number of hydrogen-bond acceptors (Lipinski definition) is 6. The third kappa shape index (κ3) is 6.62. The smallest absolute Gasteiger partial charge is 0.258 e. The highest BCUT2D eigenvalue weighted by molar-refractivity contribution is 7.89. The second-order valence-corrected chi connectivity index (χ2v) is 7.36. The van der Waals surface area contributed by atoms with Gasteiger partial charge in [0.15, 0.2) is 6.61 Å². The molecule has 9 heteroatoms. The van der Waals surface area contributed by atoms with Crippen molar-refractivity contribution in [2.75, 3.05) is 40.0 Å². The first-order chi connectivity index (χ1) is 12.0. The van der Waals surface area contributed by atoms with Crippen LogP contribution in [0.25, 0.3) is 0 Å². The molecule has 140 valence electrons. The molecule has 1 aliphatic heterocycles. The third-order valence-corrected chi connectivity index (χ3v) is 5.13. The van der Waals surface area contributed by atoms with Gasteiger partial charge in [-0.3, -0.25) is 4.79 Å². The predicted molar refractivity (Wildman–Crippen MR) is 91.0 cm³/mol. The van der Waals surface area contributed by atoms with Crippen molar-refractivity contribution >= 4 is 15.9 Å². The number of ether oxygens (including phenoxy) is 3. The second kappa shape index (κ2) is 9.71. The molecular formula is C16H24N2O6S. The Labute approximate surface area is 147 Å². The SMILES string of the molecule is COCCNS(=O)(=O)c1ccc(OCC(=O)NC[C@H]2CCCO2)cc1. The summed E-state index contributed by atoms with van der Waals surface area (Å²) in [5, 5.41) is 2.75. The lowest BCUT2D eigenvalue weighted by molar-refractivity contribution is -0.123. The number of carbonyl (C=O) groups is 1. The van der Waals surface area contributed by atoms with Crippen LogP contribution in [-0.2, 0) is 24.3 Å². The van der Waals surface area contributed by atoms with Crippen LogP contribution in [0.4, 0.5) is 0 Å². The van der Waals surface area contributed by atoms with Crippen molar-refractivity contribution in [2.24, 2.45) is 0 Å². The van der Waals surface area contributed by atoms with E-state index in [0.29, 0.717) is 18.9 Å². The minimum atomic E-state index is -3.58. The van der Waals surface area contributed by atoms with Gasteiger partial charge in [0.05, 0.1) is 17.6 Å². The van der Waals surface area contributed by atoms with E-state index in [9.17, 15) is 13.2 Å². The molecule has 1 heterocycles. The molecule has 1 aliphatic rings. The van der Waals surface area contributed by atoms with E-state index in [1.165, 1.54) is 31.4 Å². The number of amides is 1. The molecule has 2 rings (SSSR count). The summed E-state index contributed by atoms with van der Waals surface area (Å²) in [4.78, 5) is 11.9. The van der Waals surface area contributed by atoms with Crippen LogP contribution < -0.4 is 14.8 Å². The Morgan fingerprint density at radius 3 is 2.72 bits per heavy atom. The molecule has 8 nitrogen and oxygen atoms in total. The third-order valence-electron chi connectivity index (χ3n) is 3.65. The van der Waals surface area contributed by atoms with E-state index < -0.39 is 10.0 Å². The number of nitrogens with one attached hydrogen (secondary N) is 2. The molecule has 0 aliphatic carbocycles. The summed E-state index contributed by atoms with van der Waals surface area (Å²) in [6, 6.07) is 5.87. The molecule has 1 aromatic rings. The average Bonchev–Trinajstić information content (AvgIpc) is 3.12. The fraction of sp³-hybridized carbons (Fsp3) is 0.562. The van der Waals surface area contributed by atoms with E-state index in [4.69, 9.17) is 14.2 Å². The summed E-state index contributed by atoms with van der Waals surface area (Å²) in [6.07, 6.45) is 2.06. The van der Waals surface area contributed by atoms with Crippen molar-refractivity contribution in [3.63, 3.8) is 0 Å². The number of hydrogen-bond donors (Lipinski definition) is 2. The van der Waals surface area contributed by atoms with E-state index in [1.807, 2.05) is 0 Å². The molecule has 2 N–H and O–H groups in total. The molecule has 1 amide bonds. The Morgan fingerprint density at radius 1 is 1.32 bits per heavy atom. The van der Waals surface area contributed by atoms with Crippen LogP contribution in [0.1, 0.15) is 12.8 Å². The maximum Gasteiger partial charge on any atom is 0.258 e. The molecule has 0 aromatic heterocycles. The second-order valence-electron chi connectivity index (χ2n) is 5.59. The van der Waals surface area contributed by atoms with Crippen molar-refractivity contribution in [2.45, 2.75) is 23.8 Å². The zero-order valence-corrected chi connectivity index (χ0v) is 15.0. The highest BCUT2D eigenvalue weighted by Gasteiger charge is 2.16. The van der Waals surface area contributed by atoms with Crippen LogP contribution in [0.2, 0.25) is 0 Å². The molecule has 1 saturated heterocycles. The monoisotopic (exact) mass is 372 g/mol. The fourth-order valence-corrected chi connectivity index (χ4v) is 3.32. The average molecular weight is 372 g/mol. The normalized spacial score (nSPS) is 17.4. The van der Waals surface area contributed by atoms with Gasteiger partial charge in [-0.15, -0.1) is 0 Å². The number of rotatable bonds is 10. The lowest BCUT2D eigenvalue weighted by Crippen LogP contribution is -2.35. The topological polar surface area (TPSA) is 103 Å². The summed E-state index contributed by atoms with van der Waals surface area (Å²) in [5.41, 5.74) is 0. The molecule has 1 atom stereocenters. The molecule has 0 unspecified atom stereocenters. The molecule has 0 radical (unpaired) electrons. The lowest BCUT2D eigenvalue weighted by Gasteiger charge is -2.11. The standard InChI is InChI=1S/C16H24N2O6S/c1-22-10-8-18-25(20,21)15-6-4-13(5-7-15)24-12-16(19)17-11-14-3-2-9-23-14/h4-7,14,18H,2-3,8-12H2,1H3,(H,17,19)/t14-/m1/s1. The van der Waals surface area contributed by atoms with Gasteiger partial charge >= 0.3 is 0 Å². The Bertz CT molecular complexity index is 641. The van der Waals surface area contributed by atoms with Crippen molar-refractivity contribution in [1.82, 2.24) is 10.0 Å². The minimum absolute atomic E-state index is 0.0825. The van der Waals surface area contributed by atoms with Crippen LogP contribution >= 0.6 is 0 Å². The number of carbonyl (C=O) groups excluding carboxylic acids is 1. The van der Waals surface area contributed by atoms with Gasteiger partial charge in [0.1, 0.15) is 5.75 Å². The van der Waals surface area contributed by atoms with Gasteiger partial charge < -0.3 is 19.5 Å². The van der Waals surface area contributed by atoms with Crippen LogP contribution in [0, 0.1) is 0 Å². The molecule has 25 heavy (non-hydrogen) atoms. The summed E-state index contributed by atoms with van der Waals surface area (Å²) in [5.74, 6) is 0.177. The first-order valence-electron chi connectivity index (χ1n) is 8.11. The first kappa shape index (κ1) is 19.6. The van der Waals surface area contributed by atoms with Gasteiger partial charge in [0, 0.05) is 26.8 Å². The van der Waals surface area contributed by atoms with Crippen molar-refractivity contribution in [3.8, 4) is 5.75 Å². The van der Waals surface area contributed by atoms with Gasteiger partial charge in [-0.25, -0.2) is 13.1 Å². The van der Waals surface area contributed by atoms with E-state index >= 15 is 0 Å². The van der Waals surface area contributed by atoms with Crippen molar-refractivity contribution in [3.05, 3.63) is 24.3 Å². The van der Waals surface area contributed by atoms with E-state index in [1.54, 1.807) is 0 Å². The van der Waals surface area contributed by atoms with E-state index in [0.717, 1.165) is 19.4 Å². The molecule has 1 fully saturated rings. The largest absolute Gasteiger partial charge is 0.484 e. The summed E-state index contributed by atoms with van der Waals surface area (Å²) in [7, 11) is -2.08. The lowest BCUT2D eigenvalue weighted by atomic mass is 10.2. The Balaban J connectivity index is 1.76. The first-order valence-corrected chi connectivity index (χ1v) is 9.59. The summed E-state index contributed by atoms with van der Waals surface area (Å²) < 4.78 is 42.0. The fourth-order valence-electron chi connectivity index (χ4n) is 2.31. The molecule has 0 bridgehead atoms. The molecule has 1 aromatic carbocycles. The van der Waals surface area contributed by atoms with Gasteiger partial charge in [0.2, 0.25) is 10.0 Å². The van der Waals surface area contributed by atoms with Crippen LogP contribution in [0.3, 0.4) is 0 Å². The number of benzene rings is 1. The highest BCUT2D eigenvalue weighted by atomic mass is 32.2. The zero-order chi connectivity index (χ0) is 18.1. The van der Waals surface area contributed by atoms with Crippen molar-refractivity contribution in [1.29, 1.82) is 0 Å². The van der Waals surface area contributed by atoms with E-state index in [-0.39, 0.29) is 30.1 Å². The van der Waals surface area contributed by atoms with Gasteiger partial charge in [-0.05, 0) is 37.1 Å². The predicted octanol–water partition coefficient (Wildman–Crippen LogP) is 0.285. The molecule has 0 saturated carbocycles. The van der Waals surface area contributed by atoms with Crippen LogP contribution in [0.5, 0.6) is 5.75 Å². The number of methoxy groups -OCH3 is 1. The summed E-state index contributed by atoms with van der Waals surface area (Å²) >= 11 is 0. The van der Waals surface area contributed by atoms with Gasteiger partial charge in [-0.1, -0.05) is 0 Å².